The van der Waals surface area contributed by atoms with Crippen LogP contribution in [0.15, 0.2) is 17.4 Å². The minimum Gasteiger partial charge on any atom is -0.504 e. The van der Waals surface area contributed by atoms with Gasteiger partial charge in [0, 0.05) is 28.4 Å². The summed E-state index contributed by atoms with van der Waals surface area (Å²) in [6.45, 7) is 7.09. The van der Waals surface area contributed by atoms with Crippen LogP contribution in [0.25, 0.3) is 0 Å². The van der Waals surface area contributed by atoms with Crippen LogP contribution in [0.5, 0.6) is 11.5 Å². The number of rotatable bonds is 1. The van der Waals surface area contributed by atoms with E-state index in [4.69, 9.17) is 4.74 Å². The average molecular weight is 330 g/mol. The summed E-state index contributed by atoms with van der Waals surface area (Å²) >= 11 is 0. The van der Waals surface area contributed by atoms with E-state index in [2.05, 4.69) is 0 Å². The van der Waals surface area contributed by atoms with Crippen molar-refractivity contribution in [3.63, 3.8) is 0 Å². The van der Waals surface area contributed by atoms with E-state index >= 15 is 0 Å². The van der Waals surface area contributed by atoms with Crippen molar-refractivity contribution >= 4 is 11.6 Å². The van der Waals surface area contributed by atoms with Crippen molar-refractivity contribution < 1.29 is 24.5 Å². The first-order valence-electron chi connectivity index (χ1n) is 8.00. The monoisotopic (exact) mass is 330 g/mol. The van der Waals surface area contributed by atoms with Crippen molar-refractivity contribution in [2.24, 2.45) is 5.41 Å². The summed E-state index contributed by atoms with van der Waals surface area (Å²) in [5.41, 5.74) is 0.112. The first-order chi connectivity index (χ1) is 11.1. The second kappa shape index (κ2) is 4.85. The Labute approximate surface area is 140 Å². The molecule has 5 heteroatoms. The van der Waals surface area contributed by atoms with Crippen LogP contribution in [0.2, 0.25) is 0 Å². The smallest absolute Gasteiger partial charge is 0.228 e. The minimum atomic E-state index is -0.876. The van der Waals surface area contributed by atoms with E-state index < -0.39 is 10.8 Å². The number of methoxy groups -OCH3 is 1. The number of Topliss-reactive ketones (excluding diaryl/α,β-unsaturated/α-hetero) is 2. The van der Waals surface area contributed by atoms with Gasteiger partial charge < -0.3 is 14.9 Å². The lowest BCUT2D eigenvalue weighted by molar-refractivity contribution is -0.127. The third-order valence-electron chi connectivity index (χ3n) is 5.62. The molecular formula is C19H22O5. The summed E-state index contributed by atoms with van der Waals surface area (Å²) < 4.78 is 5.42. The molecule has 0 heterocycles. The molecule has 0 bridgehead atoms. The maximum Gasteiger partial charge on any atom is 0.228 e. The molecule has 2 aliphatic carbocycles. The fourth-order valence-corrected chi connectivity index (χ4v) is 4.37. The van der Waals surface area contributed by atoms with Crippen molar-refractivity contribution in [3.8, 4) is 11.5 Å². The molecule has 0 saturated heterocycles. The SMILES string of the molecule is COC1=C2C(C)(C)C(=O)CC[C@@]2(C)c2c(cc(C)c(O)c2O)C1=O. The molecule has 3 rings (SSSR count). The second-order valence-electron chi connectivity index (χ2n) is 7.43. The van der Waals surface area contributed by atoms with Gasteiger partial charge in [0.25, 0.3) is 0 Å². The first-order valence-corrected chi connectivity index (χ1v) is 8.00. The van der Waals surface area contributed by atoms with E-state index in [0.29, 0.717) is 35.1 Å². The number of phenols is 2. The van der Waals surface area contributed by atoms with Crippen molar-refractivity contribution in [1.82, 2.24) is 0 Å². The van der Waals surface area contributed by atoms with Crippen LogP contribution in [0, 0.1) is 12.3 Å². The number of phenolic OH excluding ortho intramolecular Hbond substituents is 2. The lowest BCUT2D eigenvalue weighted by Crippen LogP contribution is -2.48. The van der Waals surface area contributed by atoms with Gasteiger partial charge in [-0.15, -0.1) is 0 Å². The summed E-state index contributed by atoms with van der Waals surface area (Å²) in [5, 5.41) is 20.8. The Morgan fingerprint density at radius 2 is 1.75 bits per heavy atom. The molecule has 1 aromatic carbocycles. The van der Waals surface area contributed by atoms with E-state index in [1.807, 2.05) is 6.92 Å². The van der Waals surface area contributed by atoms with Crippen LogP contribution in [0.1, 0.15) is 55.1 Å². The minimum absolute atomic E-state index is 0.0385. The quantitative estimate of drug-likeness (QED) is 0.773. The number of ether oxygens (including phenoxy) is 1. The Bertz CT molecular complexity index is 816. The van der Waals surface area contributed by atoms with E-state index in [0.717, 1.165) is 0 Å². The number of hydrogen-bond donors (Lipinski definition) is 2. The summed E-state index contributed by atoms with van der Waals surface area (Å²) in [4.78, 5) is 25.5. The van der Waals surface area contributed by atoms with E-state index in [1.54, 1.807) is 26.8 Å². The van der Waals surface area contributed by atoms with Gasteiger partial charge in [-0.3, -0.25) is 9.59 Å². The molecular weight excluding hydrogens is 308 g/mol. The number of benzene rings is 1. The van der Waals surface area contributed by atoms with Gasteiger partial charge in [0.05, 0.1) is 7.11 Å². The van der Waals surface area contributed by atoms with E-state index in [9.17, 15) is 19.8 Å². The van der Waals surface area contributed by atoms with Crippen molar-refractivity contribution in [1.29, 1.82) is 0 Å². The molecule has 1 atom stereocenters. The van der Waals surface area contributed by atoms with Gasteiger partial charge in [0.15, 0.2) is 17.3 Å². The van der Waals surface area contributed by atoms with Gasteiger partial charge in [-0.1, -0.05) is 6.92 Å². The highest BCUT2D eigenvalue weighted by atomic mass is 16.5. The van der Waals surface area contributed by atoms with Crippen molar-refractivity contribution in [3.05, 3.63) is 34.1 Å². The molecule has 0 aliphatic heterocycles. The number of aryl methyl sites for hydroxylation is 1. The topological polar surface area (TPSA) is 83.8 Å². The molecule has 1 aromatic rings. The van der Waals surface area contributed by atoms with Crippen LogP contribution >= 0.6 is 0 Å². The average Bonchev–Trinajstić information content (AvgIpc) is 2.51. The summed E-state index contributed by atoms with van der Waals surface area (Å²) in [5.74, 6) is -0.651. The highest BCUT2D eigenvalue weighted by Gasteiger charge is 2.55. The number of aromatic hydroxyl groups is 2. The predicted molar refractivity (Wildman–Crippen MR) is 88.2 cm³/mol. The van der Waals surface area contributed by atoms with Gasteiger partial charge in [0.1, 0.15) is 5.78 Å². The second-order valence-corrected chi connectivity index (χ2v) is 7.43. The number of hydrogen-bond acceptors (Lipinski definition) is 5. The van der Waals surface area contributed by atoms with Crippen LogP contribution in [-0.2, 0) is 14.9 Å². The Hall–Kier alpha value is -2.30. The summed E-state index contributed by atoms with van der Waals surface area (Å²) in [6, 6.07) is 1.58. The molecule has 0 radical (unpaired) electrons. The third-order valence-corrected chi connectivity index (χ3v) is 5.62. The fourth-order valence-electron chi connectivity index (χ4n) is 4.37. The normalized spacial score (nSPS) is 25.4. The highest BCUT2D eigenvalue weighted by molar-refractivity contribution is 6.13. The van der Waals surface area contributed by atoms with Crippen LogP contribution in [0.3, 0.4) is 0 Å². The number of allylic oxidation sites excluding steroid dienone is 2. The fraction of sp³-hybridized carbons (Fsp3) is 0.474. The molecule has 0 unspecified atom stereocenters. The standard InChI is InChI=1S/C19H22O5/c1-9-8-10-12(15(23)13(9)21)19(4)7-6-11(20)18(2,3)17(19)16(24-5)14(10)22/h8,21,23H,6-7H2,1-5H3/t19-/m0/s1. The first kappa shape index (κ1) is 16.6. The Kier molecular flexibility index (Phi) is 3.35. The number of ketones is 2. The zero-order valence-electron chi connectivity index (χ0n) is 14.6. The molecule has 1 fully saturated rings. The van der Waals surface area contributed by atoms with Crippen LogP contribution < -0.4 is 0 Å². The molecule has 1 saturated carbocycles. The zero-order chi connectivity index (χ0) is 18.0. The van der Waals surface area contributed by atoms with Gasteiger partial charge in [-0.25, -0.2) is 0 Å². The predicted octanol–water partition coefficient (Wildman–Crippen LogP) is 3.15. The molecule has 2 N–H and O–H groups in total. The lowest BCUT2D eigenvalue weighted by Gasteiger charge is -2.48. The molecule has 0 amide bonds. The molecule has 24 heavy (non-hydrogen) atoms. The molecule has 128 valence electrons. The Morgan fingerprint density at radius 3 is 2.33 bits per heavy atom. The highest BCUT2D eigenvalue weighted by Crippen LogP contribution is 2.58. The number of carbonyl (C=O) groups excluding carboxylic acids is 2. The van der Waals surface area contributed by atoms with E-state index in [-0.39, 0.29) is 28.8 Å². The van der Waals surface area contributed by atoms with Crippen LogP contribution in [0.4, 0.5) is 0 Å². The third kappa shape index (κ3) is 1.81. The molecule has 2 aliphatic rings. The zero-order valence-corrected chi connectivity index (χ0v) is 14.6. The van der Waals surface area contributed by atoms with Crippen molar-refractivity contribution in [2.45, 2.75) is 46.0 Å². The molecule has 5 nitrogen and oxygen atoms in total. The van der Waals surface area contributed by atoms with Gasteiger partial charge in [-0.2, -0.15) is 0 Å². The van der Waals surface area contributed by atoms with Crippen molar-refractivity contribution in [2.75, 3.05) is 7.11 Å². The Morgan fingerprint density at radius 1 is 1.12 bits per heavy atom. The van der Waals surface area contributed by atoms with Gasteiger partial charge in [0.2, 0.25) is 5.78 Å². The Balaban J connectivity index is 2.45. The summed E-state index contributed by atoms with van der Waals surface area (Å²) in [6.07, 6.45) is 0.791. The maximum absolute atomic E-state index is 13.0. The van der Waals surface area contributed by atoms with Crippen LogP contribution in [-0.4, -0.2) is 28.9 Å². The number of fused-ring (bicyclic) bond motifs is 3. The largest absolute Gasteiger partial charge is 0.504 e. The molecule has 0 aromatic heterocycles. The summed E-state index contributed by atoms with van der Waals surface area (Å²) in [7, 11) is 1.42. The molecule has 0 spiro atoms. The number of carbonyl (C=O) groups is 2. The maximum atomic E-state index is 13.0. The lowest BCUT2D eigenvalue weighted by atomic mass is 9.54. The van der Waals surface area contributed by atoms with E-state index in [1.165, 1.54) is 7.11 Å². The van der Waals surface area contributed by atoms with Gasteiger partial charge >= 0.3 is 0 Å². The van der Waals surface area contributed by atoms with Gasteiger partial charge in [-0.05, 0) is 44.4 Å².